The standard InChI is InChI=1S/C19H21ClO7/c1-10-5-3-7-12(21)18(24)13(22)8-4-6-11-16(19(25)27-10)14(23)9-15(26-2)17(11)20/h3-4,6-7,9-10,13,18,22-24H,5,8H2,1-2H3/b6-4+,7-3-/t10-,13-,18+/m0/s1. The van der Waals surface area contributed by atoms with E-state index in [4.69, 9.17) is 21.1 Å². The summed E-state index contributed by atoms with van der Waals surface area (Å²) in [6, 6.07) is 1.21. The van der Waals surface area contributed by atoms with Gasteiger partial charge in [-0.15, -0.1) is 0 Å². The number of phenolic OH excluding ortho intramolecular Hbond substituents is 1. The predicted octanol–water partition coefficient (Wildman–Crippen LogP) is 2.25. The van der Waals surface area contributed by atoms with Crippen molar-refractivity contribution in [3.63, 3.8) is 0 Å². The summed E-state index contributed by atoms with van der Waals surface area (Å²) in [6.45, 7) is 1.61. The molecule has 3 N–H and O–H groups in total. The minimum atomic E-state index is -1.58. The lowest BCUT2D eigenvalue weighted by atomic mass is 10.0. The second-order valence-corrected chi connectivity index (χ2v) is 6.49. The number of carbonyl (C=O) groups is 2. The van der Waals surface area contributed by atoms with Gasteiger partial charge < -0.3 is 24.8 Å². The van der Waals surface area contributed by atoms with Gasteiger partial charge in [0.2, 0.25) is 0 Å². The average Bonchev–Trinajstić information content (AvgIpc) is 2.62. The number of halogens is 1. The summed E-state index contributed by atoms with van der Waals surface area (Å²) < 4.78 is 10.4. The fraction of sp³-hybridized carbons (Fsp3) is 0.368. The molecule has 0 unspecified atom stereocenters. The van der Waals surface area contributed by atoms with Gasteiger partial charge in [0.1, 0.15) is 29.3 Å². The molecule has 8 heteroatoms. The summed E-state index contributed by atoms with van der Waals surface area (Å²) in [6.07, 6.45) is 2.00. The number of esters is 1. The molecule has 2 rings (SSSR count). The molecule has 0 saturated heterocycles. The van der Waals surface area contributed by atoms with Gasteiger partial charge in [-0.2, -0.15) is 0 Å². The minimum absolute atomic E-state index is 0.0734. The molecule has 1 aromatic carbocycles. The van der Waals surface area contributed by atoms with Crippen LogP contribution in [-0.2, 0) is 9.53 Å². The number of methoxy groups -OCH3 is 1. The van der Waals surface area contributed by atoms with E-state index in [2.05, 4.69) is 0 Å². The predicted molar refractivity (Wildman–Crippen MR) is 99.0 cm³/mol. The molecular weight excluding hydrogens is 376 g/mol. The van der Waals surface area contributed by atoms with E-state index in [1.807, 2.05) is 0 Å². The molecule has 0 saturated carbocycles. The van der Waals surface area contributed by atoms with Gasteiger partial charge in [0.15, 0.2) is 5.78 Å². The maximum Gasteiger partial charge on any atom is 0.342 e. The van der Waals surface area contributed by atoms with Crippen molar-refractivity contribution in [2.45, 2.75) is 38.1 Å². The second kappa shape index (κ2) is 9.03. The van der Waals surface area contributed by atoms with Crippen LogP contribution in [0.2, 0.25) is 5.02 Å². The molecule has 1 aliphatic heterocycles. The van der Waals surface area contributed by atoms with Crippen molar-refractivity contribution in [1.82, 2.24) is 0 Å². The highest BCUT2D eigenvalue weighted by Crippen LogP contribution is 2.38. The van der Waals surface area contributed by atoms with Crippen molar-refractivity contribution < 1.29 is 34.4 Å². The fourth-order valence-electron chi connectivity index (χ4n) is 2.57. The molecule has 0 aromatic heterocycles. The molecule has 1 aromatic rings. The Morgan fingerprint density at radius 1 is 1.19 bits per heavy atom. The highest BCUT2D eigenvalue weighted by molar-refractivity contribution is 6.34. The highest BCUT2D eigenvalue weighted by Gasteiger charge is 2.25. The number of benzene rings is 1. The topological polar surface area (TPSA) is 113 Å². The number of rotatable bonds is 1. The summed E-state index contributed by atoms with van der Waals surface area (Å²) in [7, 11) is 1.36. The van der Waals surface area contributed by atoms with Crippen molar-refractivity contribution in [3.05, 3.63) is 40.4 Å². The van der Waals surface area contributed by atoms with Crippen LogP contribution in [0.15, 0.2) is 24.3 Å². The number of hydrogen-bond donors (Lipinski definition) is 3. The van der Waals surface area contributed by atoms with Crippen molar-refractivity contribution in [1.29, 1.82) is 0 Å². The average molecular weight is 397 g/mol. The summed E-state index contributed by atoms with van der Waals surface area (Å²) in [5.41, 5.74) is 0.00221. The number of carbonyl (C=O) groups excluding carboxylic acids is 2. The van der Waals surface area contributed by atoms with Crippen LogP contribution in [0.25, 0.3) is 6.08 Å². The summed E-state index contributed by atoms with van der Waals surface area (Å²) in [5.74, 6) is -1.66. The largest absolute Gasteiger partial charge is 0.507 e. The van der Waals surface area contributed by atoms with Crippen molar-refractivity contribution in [3.8, 4) is 11.5 Å². The lowest BCUT2D eigenvalue weighted by molar-refractivity contribution is -0.127. The van der Waals surface area contributed by atoms with Crippen LogP contribution in [0.4, 0.5) is 0 Å². The Hall–Kier alpha value is -2.35. The van der Waals surface area contributed by atoms with Crippen molar-refractivity contribution in [2.75, 3.05) is 7.11 Å². The molecule has 27 heavy (non-hydrogen) atoms. The molecule has 146 valence electrons. The summed E-state index contributed by atoms with van der Waals surface area (Å²) in [4.78, 5) is 24.4. The molecule has 0 radical (unpaired) electrons. The minimum Gasteiger partial charge on any atom is -0.507 e. The van der Waals surface area contributed by atoms with Crippen molar-refractivity contribution in [2.24, 2.45) is 0 Å². The second-order valence-electron chi connectivity index (χ2n) is 6.11. The van der Waals surface area contributed by atoms with Crippen LogP contribution in [-0.4, -0.2) is 52.5 Å². The molecule has 0 fully saturated rings. The Kier molecular flexibility index (Phi) is 7.01. The zero-order valence-corrected chi connectivity index (χ0v) is 15.6. The first-order valence-electron chi connectivity index (χ1n) is 8.29. The lowest BCUT2D eigenvalue weighted by Crippen LogP contribution is -2.32. The van der Waals surface area contributed by atoms with Crippen LogP contribution < -0.4 is 4.74 Å². The van der Waals surface area contributed by atoms with Crippen LogP contribution in [0, 0.1) is 0 Å². The molecule has 1 heterocycles. The summed E-state index contributed by atoms with van der Waals surface area (Å²) in [5, 5.41) is 30.2. The summed E-state index contributed by atoms with van der Waals surface area (Å²) >= 11 is 6.27. The van der Waals surface area contributed by atoms with Gasteiger partial charge >= 0.3 is 5.97 Å². The molecule has 3 atom stereocenters. The highest BCUT2D eigenvalue weighted by atomic mass is 35.5. The van der Waals surface area contributed by atoms with Crippen LogP contribution in [0.3, 0.4) is 0 Å². The Balaban J connectivity index is 2.54. The van der Waals surface area contributed by atoms with E-state index < -0.39 is 30.1 Å². The van der Waals surface area contributed by atoms with E-state index in [1.54, 1.807) is 6.92 Å². The van der Waals surface area contributed by atoms with E-state index in [0.29, 0.717) is 0 Å². The normalized spacial score (nSPS) is 26.5. The van der Waals surface area contributed by atoms with E-state index in [-0.39, 0.29) is 40.5 Å². The maximum absolute atomic E-state index is 12.5. The van der Waals surface area contributed by atoms with Gasteiger partial charge in [0.05, 0.1) is 18.2 Å². The number of aliphatic hydroxyl groups is 2. The van der Waals surface area contributed by atoms with Crippen LogP contribution >= 0.6 is 11.6 Å². The van der Waals surface area contributed by atoms with E-state index in [1.165, 1.54) is 31.4 Å². The van der Waals surface area contributed by atoms with Gasteiger partial charge in [-0.3, -0.25) is 4.79 Å². The first-order valence-corrected chi connectivity index (χ1v) is 8.67. The third kappa shape index (κ3) is 4.88. The third-order valence-corrected chi connectivity index (χ3v) is 4.44. The zero-order chi connectivity index (χ0) is 20.1. The SMILES string of the molecule is COc1cc(O)c2c(c1Cl)/C=C/C[C@H](O)[C@H](O)C(=O)/C=C\C[C@H](C)OC2=O. The number of ether oxygens (including phenoxy) is 2. The van der Waals surface area contributed by atoms with Crippen LogP contribution in [0.5, 0.6) is 11.5 Å². The Morgan fingerprint density at radius 3 is 2.52 bits per heavy atom. The molecule has 1 aliphatic rings. The Bertz CT molecular complexity index is 785. The third-order valence-electron chi connectivity index (χ3n) is 4.05. The van der Waals surface area contributed by atoms with Gasteiger partial charge in [-0.1, -0.05) is 29.8 Å². The molecule has 0 spiro atoms. The maximum atomic E-state index is 12.5. The molecular formula is C19H21ClO7. The monoisotopic (exact) mass is 396 g/mol. The Labute approximate surface area is 161 Å². The van der Waals surface area contributed by atoms with E-state index in [9.17, 15) is 24.9 Å². The number of aromatic hydroxyl groups is 1. The number of fused-ring (bicyclic) bond motifs is 1. The van der Waals surface area contributed by atoms with Gasteiger partial charge in [-0.05, 0) is 19.4 Å². The quantitative estimate of drug-likeness (QED) is 0.624. The van der Waals surface area contributed by atoms with E-state index >= 15 is 0 Å². The fourth-order valence-corrected chi connectivity index (χ4v) is 2.86. The first kappa shape index (κ1) is 21.0. The molecule has 7 nitrogen and oxygen atoms in total. The smallest absolute Gasteiger partial charge is 0.342 e. The van der Waals surface area contributed by atoms with Crippen molar-refractivity contribution >= 4 is 29.4 Å². The molecule has 0 amide bonds. The number of ketones is 1. The van der Waals surface area contributed by atoms with Gasteiger partial charge in [-0.25, -0.2) is 4.79 Å². The zero-order valence-electron chi connectivity index (χ0n) is 14.9. The van der Waals surface area contributed by atoms with Gasteiger partial charge in [0, 0.05) is 18.1 Å². The first-order chi connectivity index (χ1) is 12.8. The van der Waals surface area contributed by atoms with Crippen LogP contribution in [0.1, 0.15) is 35.7 Å². The van der Waals surface area contributed by atoms with Gasteiger partial charge in [0.25, 0.3) is 0 Å². The lowest BCUT2D eigenvalue weighted by Gasteiger charge is -2.17. The molecule has 0 aliphatic carbocycles. The van der Waals surface area contributed by atoms with E-state index in [0.717, 1.165) is 6.08 Å². The number of phenols is 1. The molecule has 0 bridgehead atoms. The Morgan fingerprint density at radius 2 is 1.85 bits per heavy atom. The number of aliphatic hydroxyl groups excluding tert-OH is 2. The number of hydrogen-bond acceptors (Lipinski definition) is 7. The number of cyclic esters (lactones) is 1.